The van der Waals surface area contributed by atoms with E-state index in [-0.39, 0.29) is 11.1 Å². The highest BCUT2D eigenvalue weighted by Gasteiger charge is 2.20. The quantitative estimate of drug-likeness (QED) is 0.706. The Labute approximate surface area is 151 Å². The number of rotatable bonds is 4. The van der Waals surface area contributed by atoms with E-state index >= 15 is 0 Å². The van der Waals surface area contributed by atoms with Crippen molar-refractivity contribution in [3.05, 3.63) is 45.0 Å². The standard InChI is InChI=1S/C18H15BrO6/c1-22-13-6-9(7-14(23-2)18(13)24-3)17-16(21)15(20)11-8-10(19)4-5-12(11)25-17/h4-8,21H,1-3H3. The first-order valence-electron chi connectivity index (χ1n) is 7.25. The Morgan fingerprint density at radius 2 is 1.64 bits per heavy atom. The summed E-state index contributed by atoms with van der Waals surface area (Å²) < 4.78 is 22.4. The zero-order valence-electron chi connectivity index (χ0n) is 13.8. The van der Waals surface area contributed by atoms with Gasteiger partial charge in [0.15, 0.2) is 17.3 Å². The second-order valence-electron chi connectivity index (χ2n) is 5.16. The van der Waals surface area contributed by atoms with Crippen LogP contribution in [0.3, 0.4) is 0 Å². The van der Waals surface area contributed by atoms with Gasteiger partial charge in [-0.1, -0.05) is 15.9 Å². The van der Waals surface area contributed by atoms with E-state index in [9.17, 15) is 9.90 Å². The summed E-state index contributed by atoms with van der Waals surface area (Å²) in [6.07, 6.45) is 0. The van der Waals surface area contributed by atoms with E-state index < -0.39 is 11.2 Å². The van der Waals surface area contributed by atoms with Crippen molar-refractivity contribution in [3.8, 4) is 34.3 Å². The van der Waals surface area contributed by atoms with Crippen LogP contribution in [0.1, 0.15) is 0 Å². The predicted molar refractivity (Wildman–Crippen MR) is 96.9 cm³/mol. The molecule has 0 unspecified atom stereocenters. The van der Waals surface area contributed by atoms with E-state index in [2.05, 4.69) is 15.9 Å². The Hall–Kier alpha value is -2.67. The van der Waals surface area contributed by atoms with Gasteiger partial charge in [-0.25, -0.2) is 0 Å². The van der Waals surface area contributed by atoms with Crippen LogP contribution in [0, 0.1) is 0 Å². The van der Waals surface area contributed by atoms with Crippen LogP contribution < -0.4 is 19.6 Å². The van der Waals surface area contributed by atoms with Gasteiger partial charge >= 0.3 is 0 Å². The molecule has 0 bridgehead atoms. The summed E-state index contributed by atoms with van der Waals surface area (Å²) in [6.45, 7) is 0. The van der Waals surface area contributed by atoms with Gasteiger partial charge in [-0.2, -0.15) is 0 Å². The number of ether oxygens (including phenoxy) is 3. The number of aromatic hydroxyl groups is 1. The van der Waals surface area contributed by atoms with Gasteiger partial charge in [-0.05, 0) is 30.3 Å². The minimum absolute atomic E-state index is 0.0269. The molecule has 2 aromatic carbocycles. The molecule has 0 atom stereocenters. The third-order valence-electron chi connectivity index (χ3n) is 3.76. The predicted octanol–water partition coefficient (Wildman–Crippen LogP) is 3.95. The highest BCUT2D eigenvalue weighted by Crippen LogP contribution is 2.43. The first kappa shape index (κ1) is 17.2. The van der Waals surface area contributed by atoms with Crippen LogP contribution in [-0.4, -0.2) is 26.4 Å². The molecule has 0 aliphatic heterocycles. The smallest absolute Gasteiger partial charge is 0.235 e. The first-order chi connectivity index (χ1) is 12.0. The average molecular weight is 407 g/mol. The molecule has 0 aliphatic carbocycles. The molecule has 0 saturated heterocycles. The summed E-state index contributed by atoms with van der Waals surface area (Å²) in [5.74, 6) is 0.712. The summed E-state index contributed by atoms with van der Waals surface area (Å²) in [5, 5.41) is 10.6. The van der Waals surface area contributed by atoms with Gasteiger partial charge in [0.2, 0.25) is 16.9 Å². The maximum absolute atomic E-state index is 12.5. The monoisotopic (exact) mass is 406 g/mol. The van der Waals surface area contributed by atoms with E-state index in [1.54, 1.807) is 30.3 Å². The molecule has 6 nitrogen and oxygen atoms in total. The SMILES string of the molecule is COc1cc(-c2oc3ccc(Br)cc3c(=O)c2O)cc(OC)c1OC. The van der Waals surface area contributed by atoms with Crippen molar-refractivity contribution in [1.29, 1.82) is 0 Å². The van der Waals surface area contributed by atoms with Crippen LogP contribution in [-0.2, 0) is 0 Å². The lowest BCUT2D eigenvalue weighted by Crippen LogP contribution is -2.03. The fraction of sp³-hybridized carbons (Fsp3) is 0.167. The minimum atomic E-state index is -0.522. The number of benzene rings is 2. The molecule has 0 spiro atoms. The van der Waals surface area contributed by atoms with Crippen LogP contribution >= 0.6 is 15.9 Å². The van der Waals surface area contributed by atoms with Crippen LogP contribution in [0.5, 0.6) is 23.0 Å². The van der Waals surface area contributed by atoms with Gasteiger partial charge in [0.25, 0.3) is 0 Å². The van der Waals surface area contributed by atoms with Crippen molar-refractivity contribution in [1.82, 2.24) is 0 Å². The molecule has 7 heteroatoms. The summed E-state index contributed by atoms with van der Waals surface area (Å²) >= 11 is 3.30. The van der Waals surface area contributed by atoms with E-state index in [0.29, 0.717) is 32.9 Å². The Bertz CT molecular complexity index is 983. The van der Waals surface area contributed by atoms with E-state index in [1.165, 1.54) is 21.3 Å². The van der Waals surface area contributed by atoms with Gasteiger partial charge in [-0.3, -0.25) is 4.79 Å². The number of methoxy groups -OCH3 is 3. The van der Waals surface area contributed by atoms with Gasteiger partial charge < -0.3 is 23.7 Å². The van der Waals surface area contributed by atoms with Gasteiger partial charge in [0.1, 0.15) is 5.58 Å². The maximum atomic E-state index is 12.5. The molecule has 0 saturated carbocycles. The van der Waals surface area contributed by atoms with Crippen molar-refractivity contribution in [2.24, 2.45) is 0 Å². The van der Waals surface area contributed by atoms with Crippen LogP contribution in [0.25, 0.3) is 22.3 Å². The molecule has 1 N–H and O–H groups in total. The lowest BCUT2D eigenvalue weighted by Gasteiger charge is -2.14. The largest absolute Gasteiger partial charge is 0.502 e. The summed E-state index contributed by atoms with van der Waals surface area (Å²) in [7, 11) is 4.45. The lowest BCUT2D eigenvalue weighted by molar-refractivity contribution is 0.324. The Balaban J connectivity index is 2.31. The van der Waals surface area contributed by atoms with Gasteiger partial charge in [0.05, 0.1) is 26.7 Å². The molecule has 0 fully saturated rings. The number of hydrogen-bond acceptors (Lipinski definition) is 6. The second-order valence-corrected chi connectivity index (χ2v) is 6.08. The van der Waals surface area contributed by atoms with Crippen molar-refractivity contribution in [2.75, 3.05) is 21.3 Å². The first-order valence-corrected chi connectivity index (χ1v) is 8.05. The molecule has 3 rings (SSSR count). The fourth-order valence-corrected chi connectivity index (χ4v) is 2.93. The molecular weight excluding hydrogens is 392 g/mol. The summed E-state index contributed by atoms with van der Waals surface area (Å²) in [4.78, 5) is 12.5. The topological polar surface area (TPSA) is 78.1 Å². The number of halogens is 1. The third-order valence-corrected chi connectivity index (χ3v) is 4.25. The van der Waals surface area contributed by atoms with E-state index in [4.69, 9.17) is 18.6 Å². The number of fused-ring (bicyclic) bond motifs is 1. The van der Waals surface area contributed by atoms with Gasteiger partial charge in [0, 0.05) is 10.0 Å². The molecule has 0 radical (unpaired) electrons. The third kappa shape index (κ3) is 2.91. The molecule has 130 valence electrons. The van der Waals surface area contributed by atoms with E-state index in [1.807, 2.05) is 0 Å². The fourth-order valence-electron chi connectivity index (χ4n) is 2.57. The zero-order valence-corrected chi connectivity index (χ0v) is 15.3. The maximum Gasteiger partial charge on any atom is 0.235 e. The lowest BCUT2D eigenvalue weighted by atomic mass is 10.1. The molecule has 25 heavy (non-hydrogen) atoms. The Morgan fingerprint density at radius 3 is 2.20 bits per heavy atom. The summed E-state index contributed by atoms with van der Waals surface area (Å²) in [5.41, 5.74) is 0.259. The van der Waals surface area contributed by atoms with Crippen LogP contribution in [0.2, 0.25) is 0 Å². The van der Waals surface area contributed by atoms with Crippen molar-refractivity contribution < 1.29 is 23.7 Å². The summed E-state index contributed by atoms with van der Waals surface area (Å²) in [6, 6.07) is 8.21. The molecule has 1 aromatic heterocycles. The molecular formula is C18H15BrO6. The van der Waals surface area contributed by atoms with Crippen molar-refractivity contribution >= 4 is 26.9 Å². The Morgan fingerprint density at radius 1 is 1.00 bits per heavy atom. The minimum Gasteiger partial charge on any atom is -0.502 e. The van der Waals surface area contributed by atoms with Gasteiger partial charge in [-0.15, -0.1) is 0 Å². The highest BCUT2D eigenvalue weighted by atomic mass is 79.9. The van der Waals surface area contributed by atoms with E-state index in [0.717, 1.165) is 0 Å². The van der Waals surface area contributed by atoms with Crippen LogP contribution in [0.15, 0.2) is 44.0 Å². The average Bonchev–Trinajstić information content (AvgIpc) is 2.63. The molecule has 0 amide bonds. The Kier molecular flexibility index (Phi) is 4.59. The normalized spacial score (nSPS) is 10.7. The van der Waals surface area contributed by atoms with Crippen molar-refractivity contribution in [3.63, 3.8) is 0 Å². The molecule has 1 heterocycles. The molecule has 3 aromatic rings. The highest BCUT2D eigenvalue weighted by molar-refractivity contribution is 9.10. The number of hydrogen-bond donors (Lipinski definition) is 1. The van der Waals surface area contributed by atoms with Crippen molar-refractivity contribution in [2.45, 2.75) is 0 Å². The second kappa shape index (κ2) is 6.68. The zero-order chi connectivity index (χ0) is 18.1. The molecule has 0 aliphatic rings. The van der Waals surface area contributed by atoms with Crippen LogP contribution in [0.4, 0.5) is 0 Å².